The highest BCUT2D eigenvalue weighted by Gasteiger charge is 2.25. The first-order valence-corrected chi connectivity index (χ1v) is 10.7. The number of ether oxygens (including phenoxy) is 3. The quantitative estimate of drug-likeness (QED) is 0.504. The van der Waals surface area contributed by atoms with Crippen LogP contribution in [-0.4, -0.2) is 46.7 Å². The molecule has 0 amide bonds. The molecule has 1 N–H and O–H groups in total. The summed E-state index contributed by atoms with van der Waals surface area (Å²) in [5.41, 5.74) is 2.24. The van der Waals surface area contributed by atoms with Gasteiger partial charge in [0.1, 0.15) is 42.7 Å². The van der Waals surface area contributed by atoms with Crippen molar-refractivity contribution in [1.29, 1.82) is 0 Å². The van der Waals surface area contributed by atoms with Crippen molar-refractivity contribution < 1.29 is 19.3 Å². The molecule has 0 spiro atoms. The number of imidazole rings is 1. The molecule has 0 bridgehead atoms. The Morgan fingerprint density at radius 3 is 2.16 bits per heavy atom. The van der Waals surface area contributed by atoms with Crippen LogP contribution in [0, 0.1) is 6.92 Å². The Morgan fingerprint density at radius 2 is 1.65 bits per heavy atom. The number of aromatic nitrogens is 2. The zero-order chi connectivity index (χ0) is 21.8. The lowest BCUT2D eigenvalue weighted by molar-refractivity contribution is 0.0919. The van der Waals surface area contributed by atoms with Crippen molar-refractivity contribution in [3.8, 4) is 11.5 Å². The zero-order valence-electron chi connectivity index (χ0n) is 18.3. The average molecular weight is 423 g/mol. The monoisotopic (exact) mass is 422 g/mol. The van der Waals surface area contributed by atoms with E-state index in [9.17, 15) is 5.11 Å². The van der Waals surface area contributed by atoms with Gasteiger partial charge in [0.25, 0.3) is 0 Å². The van der Waals surface area contributed by atoms with Gasteiger partial charge in [-0.25, -0.2) is 4.98 Å². The molecule has 0 radical (unpaired) electrons. The van der Waals surface area contributed by atoms with Crippen LogP contribution >= 0.6 is 0 Å². The molecule has 1 saturated heterocycles. The maximum atomic E-state index is 10.2. The van der Waals surface area contributed by atoms with Crippen molar-refractivity contribution in [2.75, 3.05) is 19.8 Å². The van der Waals surface area contributed by atoms with Crippen LogP contribution in [0.25, 0.3) is 0 Å². The third-order valence-electron chi connectivity index (χ3n) is 5.76. The van der Waals surface area contributed by atoms with Crippen molar-refractivity contribution in [2.45, 2.75) is 44.9 Å². The summed E-state index contributed by atoms with van der Waals surface area (Å²) in [5, 5.41) is 10.2. The molecule has 2 unspecified atom stereocenters. The fourth-order valence-corrected chi connectivity index (χ4v) is 3.52. The van der Waals surface area contributed by atoms with Crippen LogP contribution in [0.1, 0.15) is 30.8 Å². The van der Waals surface area contributed by atoms with Gasteiger partial charge in [-0.3, -0.25) is 0 Å². The number of hydrogen-bond donors (Lipinski definition) is 1. The van der Waals surface area contributed by atoms with E-state index in [1.807, 2.05) is 42.0 Å². The van der Waals surface area contributed by atoms with Gasteiger partial charge in [-0.15, -0.1) is 0 Å². The molecule has 0 saturated carbocycles. The molecule has 31 heavy (non-hydrogen) atoms. The highest BCUT2D eigenvalue weighted by Crippen LogP contribution is 2.33. The Kier molecular flexibility index (Phi) is 6.30. The molecular weight excluding hydrogens is 392 g/mol. The fraction of sp³-hybridized carbons (Fsp3) is 0.400. The molecule has 1 fully saturated rings. The van der Waals surface area contributed by atoms with Crippen molar-refractivity contribution >= 4 is 0 Å². The second-order valence-corrected chi connectivity index (χ2v) is 8.53. The first-order chi connectivity index (χ1) is 14.9. The number of aliphatic hydroxyl groups excluding tert-OH is 1. The van der Waals surface area contributed by atoms with Crippen molar-refractivity contribution in [2.24, 2.45) is 0 Å². The summed E-state index contributed by atoms with van der Waals surface area (Å²) in [5.74, 6) is 2.48. The highest BCUT2D eigenvalue weighted by atomic mass is 16.6. The van der Waals surface area contributed by atoms with Crippen LogP contribution in [0.3, 0.4) is 0 Å². The second-order valence-electron chi connectivity index (χ2n) is 8.53. The van der Waals surface area contributed by atoms with Crippen molar-refractivity contribution in [3.05, 3.63) is 77.9 Å². The maximum absolute atomic E-state index is 10.2. The number of benzene rings is 2. The first-order valence-electron chi connectivity index (χ1n) is 10.7. The molecule has 6 heteroatoms. The molecule has 3 aromatic rings. The molecule has 6 nitrogen and oxygen atoms in total. The Labute approximate surface area is 183 Å². The third kappa shape index (κ3) is 5.46. The molecule has 1 aliphatic heterocycles. The van der Waals surface area contributed by atoms with Gasteiger partial charge in [0, 0.05) is 17.8 Å². The van der Waals surface area contributed by atoms with Gasteiger partial charge in [-0.2, -0.15) is 0 Å². The zero-order valence-corrected chi connectivity index (χ0v) is 18.3. The molecule has 2 aromatic carbocycles. The van der Waals surface area contributed by atoms with Crippen LogP contribution < -0.4 is 9.47 Å². The van der Waals surface area contributed by atoms with Crippen molar-refractivity contribution in [3.63, 3.8) is 0 Å². The van der Waals surface area contributed by atoms with E-state index in [2.05, 4.69) is 43.1 Å². The van der Waals surface area contributed by atoms with E-state index in [0.717, 1.165) is 23.9 Å². The first kappa shape index (κ1) is 21.4. The van der Waals surface area contributed by atoms with Gasteiger partial charge in [0.15, 0.2) is 0 Å². The van der Waals surface area contributed by atoms with Gasteiger partial charge in [0.05, 0.1) is 13.2 Å². The van der Waals surface area contributed by atoms with Gasteiger partial charge in [-0.1, -0.05) is 38.1 Å². The van der Waals surface area contributed by atoms with Gasteiger partial charge in [0.2, 0.25) is 0 Å². The van der Waals surface area contributed by atoms with E-state index in [0.29, 0.717) is 13.2 Å². The van der Waals surface area contributed by atoms with Gasteiger partial charge < -0.3 is 23.9 Å². The van der Waals surface area contributed by atoms with E-state index in [1.165, 1.54) is 11.1 Å². The Balaban J connectivity index is 1.33. The smallest absolute Gasteiger partial charge is 0.119 e. The molecular formula is C25H30N2O4. The summed E-state index contributed by atoms with van der Waals surface area (Å²) >= 11 is 0. The van der Waals surface area contributed by atoms with Crippen molar-refractivity contribution in [1.82, 2.24) is 9.55 Å². The lowest BCUT2D eigenvalue weighted by Gasteiger charge is -2.26. The summed E-state index contributed by atoms with van der Waals surface area (Å²) in [4.78, 5) is 4.17. The summed E-state index contributed by atoms with van der Waals surface area (Å²) in [6, 6.07) is 16.3. The normalized spacial score (nSPS) is 16.7. The topological polar surface area (TPSA) is 69.0 Å². The Hall–Kier alpha value is -2.83. The molecule has 1 aliphatic rings. The van der Waals surface area contributed by atoms with E-state index >= 15 is 0 Å². The number of rotatable bonds is 10. The molecule has 1 aromatic heterocycles. The molecule has 164 valence electrons. The van der Waals surface area contributed by atoms with E-state index in [4.69, 9.17) is 14.2 Å². The van der Waals surface area contributed by atoms with E-state index in [1.54, 1.807) is 6.20 Å². The molecule has 4 rings (SSSR count). The van der Waals surface area contributed by atoms with Gasteiger partial charge >= 0.3 is 0 Å². The fourth-order valence-electron chi connectivity index (χ4n) is 3.52. The Morgan fingerprint density at radius 1 is 1.06 bits per heavy atom. The van der Waals surface area contributed by atoms with E-state index < -0.39 is 6.10 Å². The van der Waals surface area contributed by atoms with Crippen LogP contribution in [0.4, 0.5) is 0 Å². The molecule has 0 aliphatic carbocycles. The Bertz CT molecular complexity index is 976. The van der Waals surface area contributed by atoms with Crippen LogP contribution in [0.5, 0.6) is 11.5 Å². The standard InChI is InChI=1S/C25H30N2O4/c1-18-26-12-13-27(18)14-21(28)15-29-22-8-4-19(5-9-22)25(2,3)20-6-10-23(11-7-20)30-16-24-17-31-24/h4-13,21,24,28H,14-17H2,1-3H3. The molecule has 2 heterocycles. The predicted octanol–water partition coefficient (Wildman–Crippen LogP) is 3.73. The highest BCUT2D eigenvalue weighted by molar-refractivity contribution is 5.41. The SMILES string of the molecule is Cc1nccn1CC(O)COc1ccc(C(C)(C)c2ccc(OCC3CO3)cc2)cc1. The number of aryl methyl sites for hydroxylation is 1. The number of aliphatic hydroxyl groups is 1. The minimum Gasteiger partial charge on any atom is -0.491 e. The van der Waals surface area contributed by atoms with Crippen LogP contribution in [-0.2, 0) is 16.7 Å². The lowest BCUT2D eigenvalue weighted by atomic mass is 9.78. The summed E-state index contributed by atoms with van der Waals surface area (Å²) in [7, 11) is 0. The van der Waals surface area contributed by atoms with Crippen LogP contribution in [0.15, 0.2) is 60.9 Å². The lowest BCUT2D eigenvalue weighted by Crippen LogP contribution is -2.24. The second kappa shape index (κ2) is 9.12. The minimum absolute atomic E-state index is 0.158. The maximum Gasteiger partial charge on any atom is 0.119 e. The van der Waals surface area contributed by atoms with Crippen LogP contribution in [0.2, 0.25) is 0 Å². The summed E-state index contributed by atoms with van der Waals surface area (Å²) < 4.78 is 18.6. The summed E-state index contributed by atoms with van der Waals surface area (Å²) in [6.45, 7) is 8.42. The predicted molar refractivity (Wildman–Crippen MR) is 119 cm³/mol. The number of hydrogen-bond acceptors (Lipinski definition) is 5. The summed E-state index contributed by atoms with van der Waals surface area (Å²) in [6.07, 6.45) is 3.24. The van der Waals surface area contributed by atoms with E-state index in [-0.39, 0.29) is 18.1 Å². The number of epoxide rings is 1. The largest absolute Gasteiger partial charge is 0.491 e. The average Bonchev–Trinajstić information content (AvgIpc) is 3.53. The molecule has 2 atom stereocenters. The van der Waals surface area contributed by atoms with Gasteiger partial charge in [-0.05, 0) is 42.3 Å². The minimum atomic E-state index is -0.601. The third-order valence-corrected chi connectivity index (χ3v) is 5.76. The number of nitrogens with zero attached hydrogens (tertiary/aromatic N) is 2.